The van der Waals surface area contributed by atoms with Crippen molar-refractivity contribution in [3.8, 4) is 17.2 Å². The maximum absolute atomic E-state index is 12.2. The van der Waals surface area contributed by atoms with Crippen molar-refractivity contribution in [2.24, 2.45) is 0 Å². The summed E-state index contributed by atoms with van der Waals surface area (Å²) in [6, 6.07) is 3.07. The largest absolute Gasteiger partial charge is 0.493 e. The summed E-state index contributed by atoms with van der Waals surface area (Å²) in [6.07, 6.45) is 6.55. The van der Waals surface area contributed by atoms with Gasteiger partial charge in [0.1, 0.15) is 0 Å². The Labute approximate surface area is 158 Å². The molecule has 3 rings (SSSR count). The van der Waals surface area contributed by atoms with Crippen molar-refractivity contribution in [3.05, 3.63) is 29.6 Å². The monoisotopic (exact) mass is 374 g/mol. The molecule has 1 aromatic carbocycles. The molecule has 0 bridgehead atoms. The Balaban J connectivity index is 1.57. The molecule has 8 heteroatoms. The zero-order valence-electron chi connectivity index (χ0n) is 16.0. The van der Waals surface area contributed by atoms with Gasteiger partial charge in [-0.05, 0) is 31.2 Å². The average Bonchev–Trinajstić information content (AvgIpc) is 3.10. The van der Waals surface area contributed by atoms with Crippen molar-refractivity contribution in [1.29, 1.82) is 0 Å². The number of nitrogens with zero attached hydrogens (tertiary/aromatic N) is 2. The fourth-order valence-corrected chi connectivity index (χ4v) is 3.35. The summed E-state index contributed by atoms with van der Waals surface area (Å²) >= 11 is 0. The second kappa shape index (κ2) is 8.66. The quantitative estimate of drug-likeness (QED) is 0.778. The van der Waals surface area contributed by atoms with Crippen molar-refractivity contribution >= 4 is 11.7 Å². The highest BCUT2D eigenvalue weighted by atomic mass is 16.5. The second-order valence-electron chi connectivity index (χ2n) is 6.34. The SMILES string of the molecule is COc1cc(NC(=O)NCCn2ncc3c2CCCC3)cc(OC)c1OC. The number of hydrogen-bond donors (Lipinski definition) is 2. The van der Waals surface area contributed by atoms with Crippen LogP contribution in [0.4, 0.5) is 10.5 Å². The number of nitrogens with one attached hydrogen (secondary N) is 2. The highest BCUT2D eigenvalue weighted by molar-refractivity contribution is 5.90. The molecule has 146 valence electrons. The molecular formula is C19H26N4O4. The minimum atomic E-state index is -0.301. The number of methoxy groups -OCH3 is 3. The number of ether oxygens (including phenoxy) is 3. The number of amides is 2. The van der Waals surface area contributed by atoms with Crippen LogP contribution in [0, 0.1) is 0 Å². The van der Waals surface area contributed by atoms with Gasteiger partial charge in [0.25, 0.3) is 0 Å². The van der Waals surface area contributed by atoms with Gasteiger partial charge in [-0.25, -0.2) is 4.79 Å². The first-order valence-electron chi connectivity index (χ1n) is 9.04. The van der Waals surface area contributed by atoms with Gasteiger partial charge < -0.3 is 24.8 Å². The van der Waals surface area contributed by atoms with E-state index in [0.29, 0.717) is 36.0 Å². The van der Waals surface area contributed by atoms with Crippen LogP contribution in [0.15, 0.2) is 18.3 Å². The second-order valence-corrected chi connectivity index (χ2v) is 6.34. The lowest BCUT2D eigenvalue weighted by Gasteiger charge is -2.15. The number of aryl methyl sites for hydroxylation is 1. The third-order valence-electron chi connectivity index (χ3n) is 4.68. The van der Waals surface area contributed by atoms with Crippen molar-refractivity contribution in [1.82, 2.24) is 15.1 Å². The van der Waals surface area contributed by atoms with Gasteiger partial charge >= 0.3 is 6.03 Å². The summed E-state index contributed by atoms with van der Waals surface area (Å²) < 4.78 is 17.9. The number of anilines is 1. The predicted octanol–water partition coefficient (Wildman–Crippen LogP) is 2.61. The van der Waals surface area contributed by atoms with E-state index in [0.717, 1.165) is 12.8 Å². The van der Waals surface area contributed by atoms with E-state index in [4.69, 9.17) is 14.2 Å². The summed E-state index contributed by atoms with van der Waals surface area (Å²) in [6.45, 7) is 1.14. The Morgan fingerprint density at radius 1 is 1.11 bits per heavy atom. The summed E-state index contributed by atoms with van der Waals surface area (Å²) in [7, 11) is 4.60. The molecule has 0 unspecified atom stereocenters. The van der Waals surface area contributed by atoms with Gasteiger partial charge in [0.2, 0.25) is 5.75 Å². The summed E-state index contributed by atoms with van der Waals surface area (Å²) in [5.74, 6) is 1.44. The van der Waals surface area contributed by atoms with E-state index in [9.17, 15) is 4.79 Å². The van der Waals surface area contributed by atoms with Crippen LogP contribution in [-0.4, -0.2) is 43.7 Å². The average molecular weight is 374 g/mol. The Morgan fingerprint density at radius 3 is 2.48 bits per heavy atom. The fourth-order valence-electron chi connectivity index (χ4n) is 3.35. The van der Waals surface area contributed by atoms with Crippen LogP contribution in [0.2, 0.25) is 0 Å². The molecule has 2 aromatic rings. The lowest BCUT2D eigenvalue weighted by atomic mass is 9.98. The van der Waals surface area contributed by atoms with Crippen molar-refractivity contribution in [3.63, 3.8) is 0 Å². The Kier molecular flexibility index (Phi) is 6.05. The zero-order chi connectivity index (χ0) is 19.2. The number of carbonyl (C=O) groups excluding carboxylic acids is 1. The van der Waals surface area contributed by atoms with E-state index < -0.39 is 0 Å². The molecule has 1 heterocycles. The number of rotatable bonds is 7. The third-order valence-corrected chi connectivity index (χ3v) is 4.68. The van der Waals surface area contributed by atoms with Crippen molar-refractivity contribution in [2.45, 2.75) is 32.2 Å². The van der Waals surface area contributed by atoms with Gasteiger partial charge in [-0.1, -0.05) is 0 Å². The molecule has 0 saturated heterocycles. The molecule has 1 aliphatic rings. The molecule has 0 saturated carbocycles. The van der Waals surface area contributed by atoms with Crippen molar-refractivity contribution < 1.29 is 19.0 Å². The zero-order valence-corrected chi connectivity index (χ0v) is 16.0. The smallest absolute Gasteiger partial charge is 0.319 e. The minimum absolute atomic E-state index is 0.301. The number of carbonyl (C=O) groups is 1. The molecule has 1 aliphatic carbocycles. The van der Waals surface area contributed by atoms with Crippen LogP contribution in [0.25, 0.3) is 0 Å². The summed E-state index contributed by atoms with van der Waals surface area (Å²) in [5, 5.41) is 10.1. The molecule has 27 heavy (non-hydrogen) atoms. The molecule has 8 nitrogen and oxygen atoms in total. The molecule has 2 amide bonds. The summed E-state index contributed by atoms with van der Waals surface area (Å²) in [5.41, 5.74) is 3.19. The van der Waals surface area contributed by atoms with Crippen LogP contribution in [-0.2, 0) is 19.4 Å². The van der Waals surface area contributed by atoms with Gasteiger partial charge in [-0.15, -0.1) is 0 Å². The Morgan fingerprint density at radius 2 is 1.81 bits per heavy atom. The standard InChI is InChI=1S/C19H26N4O4/c1-25-16-10-14(11-17(26-2)18(16)27-3)22-19(24)20-8-9-23-15-7-5-4-6-13(15)12-21-23/h10-12H,4-9H2,1-3H3,(H2,20,22,24). The van der Waals surface area contributed by atoms with Crippen LogP contribution in [0.5, 0.6) is 17.2 Å². The van der Waals surface area contributed by atoms with Crippen molar-refractivity contribution in [2.75, 3.05) is 33.2 Å². The first-order valence-corrected chi connectivity index (χ1v) is 9.04. The fraction of sp³-hybridized carbons (Fsp3) is 0.474. The van der Waals surface area contributed by atoms with E-state index in [1.54, 1.807) is 12.1 Å². The normalized spacial score (nSPS) is 12.9. The van der Waals surface area contributed by atoms with E-state index in [2.05, 4.69) is 15.7 Å². The maximum Gasteiger partial charge on any atom is 0.319 e. The highest BCUT2D eigenvalue weighted by Gasteiger charge is 2.16. The lowest BCUT2D eigenvalue weighted by Crippen LogP contribution is -2.32. The van der Waals surface area contributed by atoms with Gasteiger partial charge in [0, 0.05) is 24.4 Å². The molecule has 0 aliphatic heterocycles. The van der Waals surface area contributed by atoms with Crippen LogP contribution < -0.4 is 24.8 Å². The molecular weight excluding hydrogens is 348 g/mol. The van der Waals surface area contributed by atoms with E-state index >= 15 is 0 Å². The number of fused-ring (bicyclic) bond motifs is 1. The Hall–Kier alpha value is -2.90. The van der Waals surface area contributed by atoms with E-state index in [1.807, 2.05) is 10.9 Å². The molecule has 0 atom stereocenters. The molecule has 0 radical (unpaired) electrons. The van der Waals surface area contributed by atoms with Crippen LogP contribution in [0.3, 0.4) is 0 Å². The maximum atomic E-state index is 12.2. The lowest BCUT2D eigenvalue weighted by molar-refractivity contribution is 0.251. The number of urea groups is 1. The van der Waals surface area contributed by atoms with E-state index in [1.165, 1.54) is 45.4 Å². The van der Waals surface area contributed by atoms with Gasteiger partial charge in [0.15, 0.2) is 11.5 Å². The number of hydrogen-bond acceptors (Lipinski definition) is 5. The third kappa shape index (κ3) is 4.27. The molecule has 1 aromatic heterocycles. The van der Waals surface area contributed by atoms with Crippen LogP contribution >= 0.6 is 0 Å². The molecule has 0 spiro atoms. The van der Waals surface area contributed by atoms with Gasteiger partial charge in [0.05, 0.1) is 39.8 Å². The van der Waals surface area contributed by atoms with Gasteiger partial charge in [-0.3, -0.25) is 4.68 Å². The van der Waals surface area contributed by atoms with E-state index in [-0.39, 0.29) is 6.03 Å². The predicted molar refractivity (Wildman–Crippen MR) is 102 cm³/mol. The first kappa shape index (κ1) is 18.9. The van der Waals surface area contributed by atoms with Gasteiger partial charge in [-0.2, -0.15) is 5.10 Å². The number of aromatic nitrogens is 2. The topological polar surface area (TPSA) is 86.6 Å². The number of benzene rings is 1. The molecule has 2 N–H and O–H groups in total. The first-order chi connectivity index (χ1) is 13.2. The Bertz CT molecular complexity index is 778. The summed E-state index contributed by atoms with van der Waals surface area (Å²) in [4.78, 5) is 12.2. The highest BCUT2D eigenvalue weighted by Crippen LogP contribution is 2.39. The minimum Gasteiger partial charge on any atom is -0.493 e. The molecule has 0 fully saturated rings. The van der Waals surface area contributed by atoms with Crippen LogP contribution in [0.1, 0.15) is 24.1 Å².